The van der Waals surface area contributed by atoms with Gasteiger partial charge in [0.1, 0.15) is 0 Å². The van der Waals surface area contributed by atoms with Crippen LogP contribution in [0.4, 0.5) is 0 Å². The largest absolute Gasteiger partial charge is 0.341 e. The van der Waals surface area contributed by atoms with Crippen LogP contribution in [0.3, 0.4) is 0 Å². The molecule has 14 heavy (non-hydrogen) atoms. The Morgan fingerprint density at radius 3 is 2.86 bits per heavy atom. The lowest BCUT2D eigenvalue weighted by molar-refractivity contribution is -0.129. The number of nitrogens with one attached hydrogen (secondary N) is 1. The van der Waals surface area contributed by atoms with Gasteiger partial charge in [0.15, 0.2) is 0 Å². The van der Waals surface area contributed by atoms with Gasteiger partial charge in [-0.05, 0) is 25.3 Å². The number of hydrogen-bond acceptors (Lipinski definition) is 2. The smallest absolute Gasteiger partial charge is 0.239 e. The average Bonchev–Trinajstić information content (AvgIpc) is 2.46. The third-order valence-electron chi connectivity index (χ3n) is 2.72. The summed E-state index contributed by atoms with van der Waals surface area (Å²) in [5, 5.41) is 3.22. The molecule has 1 aliphatic heterocycles. The lowest BCUT2D eigenvalue weighted by Gasteiger charge is -2.17. The van der Waals surface area contributed by atoms with Gasteiger partial charge in [-0.25, -0.2) is 0 Å². The quantitative estimate of drug-likeness (QED) is 0.721. The summed E-state index contributed by atoms with van der Waals surface area (Å²) in [7, 11) is 0. The Balaban J connectivity index is 2.32. The Kier molecular flexibility index (Phi) is 4.39. The van der Waals surface area contributed by atoms with Crippen molar-refractivity contribution in [1.29, 1.82) is 0 Å². The van der Waals surface area contributed by atoms with Crippen molar-refractivity contribution in [2.45, 2.75) is 39.7 Å². The minimum absolute atomic E-state index is 0.0900. The molecule has 1 rings (SSSR count). The number of likely N-dealkylation sites (N-methyl/N-ethyl adjacent to an activating group) is 1. The first kappa shape index (κ1) is 11.5. The Labute approximate surface area is 86.9 Å². The van der Waals surface area contributed by atoms with Crippen LogP contribution in [0.2, 0.25) is 0 Å². The maximum atomic E-state index is 11.8. The van der Waals surface area contributed by atoms with Crippen molar-refractivity contribution in [3.63, 3.8) is 0 Å². The van der Waals surface area contributed by atoms with Crippen LogP contribution in [-0.4, -0.2) is 36.5 Å². The first-order chi connectivity index (χ1) is 6.65. The third kappa shape index (κ3) is 2.98. The molecule has 0 spiro atoms. The molecule has 0 radical (unpaired) electrons. The summed E-state index contributed by atoms with van der Waals surface area (Å²) in [6.07, 6.45) is 2.09. The Morgan fingerprint density at radius 2 is 2.29 bits per heavy atom. The standard InChI is InChI=1S/C11H22N2O/c1-4-12-10-6-8-13(11(10)14)7-5-9(2)3/h9-10,12H,4-8H2,1-3H3. The number of rotatable bonds is 5. The Morgan fingerprint density at radius 1 is 1.57 bits per heavy atom. The van der Waals surface area contributed by atoms with Crippen molar-refractivity contribution in [1.82, 2.24) is 10.2 Å². The maximum Gasteiger partial charge on any atom is 0.239 e. The van der Waals surface area contributed by atoms with Crippen molar-refractivity contribution >= 4 is 5.91 Å². The molecular formula is C11H22N2O. The highest BCUT2D eigenvalue weighted by atomic mass is 16.2. The molecule has 3 nitrogen and oxygen atoms in total. The van der Waals surface area contributed by atoms with Gasteiger partial charge < -0.3 is 10.2 Å². The van der Waals surface area contributed by atoms with E-state index in [4.69, 9.17) is 0 Å². The number of carbonyl (C=O) groups is 1. The molecule has 1 aliphatic rings. The second-order valence-corrected chi connectivity index (χ2v) is 4.41. The Hall–Kier alpha value is -0.570. The SMILES string of the molecule is CCNC1CCN(CCC(C)C)C1=O. The van der Waals surface area contributed by atoms with Crippen molar-refractivity contribution < 1.29 is 4.79 Å². The zero-order valence-electron chi connectivity index (χ0n) is 9.55. The minimum atomic E-state index is 0.0900. The first-order valence-electron chi connectivity index (χ1n) is 5.67. The fourth-order valence-corrected chi connectivity index (χ4v) is 1.81. The average molecular weight is 198 g/mol. The summed E-state index contributed by atoms with van der Waals surface area (Å²) in [4.78, 5) is 13.8. The van der Waals surface area contributed by atoms with Gasteiger partial charge in [-0.1, -0.05) is 20.8 Å². The molecule has 1 N–H and O–H groups in total. The first-order valence-corrected chi connectivity index (χ1v) is 5.67. The van der Waals surface area contributed by atoms with Gasteiger partial charge in [0.25, 0.3) is 0 Å². The van der Waals surface area contributed by atoms with Crippen LogP contribution in [-0.2, 0) is 4.79 Å². The van der Waals surface area contributed by atoms with Crippen LogP contribution >= 0.6 is 0 Å². The van der Waals surface area contributed by atoms with E-state index < -0.39 is 0 Å². The molecule has 0 saturated carbocycles. The normalized spacial score (nSPS) is 22.4. The molecule has 3 heteroatoms. The van der Waals surface area contributed by atoms with Gasteiger partial charge in [-0.15, -0.1) is 0 Å². The molecule has 0 aromatic heterocycles. The van der Waals surface area contributed by atoms with Gasteiger partial charge in [-0.2, -0.15) is 0 Å². The van der Waals surface area contributed by atoms with Crippen LogP contribution in [0.1, 0.15) is 33.6 Å². The van der Waals surface area contributed by atoms with Crippen molar-refractivity contribution in [2.24, 2.45) is 5.92 Å². The Bertz CT molecular complexity index is 192. The van der Waals surface area contributed by atoms with E-state index in [0.29, 0.717) is 11.8 Å². The number of hydrogen-bond donors (Lipinski definition) is 1. The number of nitrogens with zero attached hydrogens (tertiary/aromatic N) is 1. The summed E-state index contributed by atoms with van der Waals surface area (Å²) in [5.74, 6) is 0.980. The summed E-state index contributed by atoms with van der Waals surface area (Å²) in [5.41, 5.74) is 0. The highest BCUT2D eigenvalue weighted by Gasteiger charge is 2.30. The van der Waals surface area contributed by atoms with Gasteiger partial charge >= 0.3 is 0 Å². The second kappa shape index (κ2) is 5.35. The highest BCUT2D eigenvalue weighted by Crippen LogP contribution is 2.13. The van der Waals surface area contributed by atoms with Gasteiger partial charge in [-0.3, -0.25) is 4.79 Å². The van der Waals surface area contributed by atoms with Crippen LogP contribution < -0.4 is 5.32 Å². The molecule has 1 atom stereocenters. The van der Waals surface area contributed by atoms with Crippen LogP contribution in [0.25, 0.3) is 0 Å². The van der Waals surface area contributed by atoms with Gasteiger partial charge in [0.05, 0.1) is 6.04 Å². The van der Waals surface area contributed by atoms with Crippen LogP contribution in [0.5, 0.6) is 0 Å². The number of amides is 1. The molecule has 1 heterocycles. The van der Waals surface area contributed by atoms with E-state index in [0.717, 1.165) is 32.5 Å². The van der Waals surface area contributed by atoms with E-state index in [9.17, 15) is 4.79 Å². The lowest BCUT2D eigenvalue weighted by Crippen LogP contribution is -2.38. The summed E-state index contributed by atoms with van der Waals surface area (Å²) in [6, 6.07) is 0.0900. The molecule has 0 bridgehead atoms. The predicted molar refractivity (Wildman–Crippen MR) is 58.1 cm³/mol. The van der Waals surface area contributed by atoms with E-state index in [2.05, 4.69) is 19.2 Å². The fourth-order valence-electron chi connectivity index (χ4n) is 1.81. The van der Waals surface area contributed by atoms with Crippen molar-refractivity contribution in [3.05, 3.63) is 0 Å². The molecule has 1 saturated heterocycles. The summed E-state index contributed by atoms with van der Waals surface area (Å²) >= 11 is 0. The van der Waals surface area contributed by atoms with Crippen molar-refractivity contribution in [3.8, 4) is 0 Å². The molecule has 0 aliphatic carbocycles. The number of carbonyl (C=O) groups excluding carboxylic acids is 1. The van der Waals surface area contributed by atoms with Crippen LogP contribution in [0, 0.1) is 5.92 Å². The molecule has 0 aromatic carbocycles. The fraction of sp³-hybridized carbons (Fsp3) is 0.909. The molecule has 82 valence electrons. The minimum Gasteiger partial charge on any atom is -0.341 e. The van der Waals surface area contributed by atoms with Crippen molar-refractivity contribution in [2.75, 3.05) is 19.6 Å². The molecule has 1 unspecified atom stereocenters. The van der Waals surface area contributed by atoms with Crippen LogP contribution in [0.15, 0.2) is 0 Å². The monoisotopic (exact) mass is 198 g/mol. The molecule has 1 amide bonds. The molecule has 1 fully saturated rings. The third-order valence-corrected chi connectivity index (χ3v) is 2.72. The van der Waals surface area contributed by atoms with E-state index in [1.165, 1.54) is 0 Å². The topological polar surface area (TPSA) is 32.3 Å². The zero-order valence-corrected chi connectivity index (χ0v) is 9.55. The number of likely N-dealkylation sites (tertiary alicyclic amines) is 1. The predicted octanol–water partition coefficient (Wildman–Crippen LogP) is 1.24. The van der Waals surface area contributed by atoms with E-state index in [1.54, 1.807) is 0 Å². The van der Waals surface area contributed by atoms with E-state index in [1.807, 2.05) is 11.8 Å². The molecular weight excluding hydrogens is 176 g/mol. The molecule has 0 aromatic rings. The lowest BCUT2D eigenvalue weighted by atomic mass is 10.1. The van der Waals surface area contributed by atoms with Gasteiger partial charge in [0.2, 0.25) is 5.91 Å². The highest BCUT2D eigenvalue weighted by molar-refractivity contribution is 5.83. The zero-order chi connectivity index (χ0) is 10.6. The summed E-state index contributed by atoms with van der Waals surface area (Å²) in [6.45, 7) is 9.19. The van der Waals surface area contributed by atoms with E-state index in [-0.39, 0.29) is 6.04 Å². The maximum absolute atomic E-state index is 11.8. The second-order valence-electron chi connectivity index (χ2n) is 4.41. The van der Waals surface area contributed by atoms with E-state index >= 15 is 0 Å². The summed E-state index contributed by atoms with van der Waals surface area (Å²) < 4.78 is 0. The van der Waals surface area contributed by atoms with Gasteiger partial charge in [0, 0.05) is 13.1 Å².